The molecular formula is C18H14N2O2S. The fraction of sp³-hybridized carbons (Fsp3) is 0.167. The Kier molecular flexibility index (Phi) is 4.45. The summed E-state index contributed by atoms with van der Waals surface area (Å²) in [5, 5.41) is 11.5. The zero-order chi connectivity index (χ0) is 16.2. The van der Waals surface area contributed by atoms with Gasteiger partial charge < -0.3 is 5.32 Å². The average molecular weight is 322 g/mol. The molecule has 0 fully saturated rings. The molecule has 2 unspecified atom stereocenters. The van der Waals surface area contributed by atoms with Gasteiger partial charge in [0.1, 0.15) is 0 Å². The first-order chi connectivity index (χ1) is 11.2. The molecule has 0 aliphatic carbocycles. The summed E-state index contributed by atoms with van der Waals surface area (Å²) in [6.07, 6.45) is 0.566. The maximum Gasteiger partial charge on any atom is 0.249 e. The van der Waals surface area contributed by atoms with E-state index in [9.17, 15) is 14.9 Å². The van der Waals surface area contributed by atoms with Gasteiger partial charge in [-0.2, -0.15) is 5.26 Å². The lowest BCUT2D eigenvalue weighted by Gasteiger charge is -2.13. The zero-order valence-electron chi connectivity index (χ0n) is 12.2. The number of nitrogens with zero attached hydrogens (tertiary/aromatic N) is 1. The van der Waals surface area contributed by atoms with Gasteiger partial charge >= 0.3 is 0 Å². The number of thioether (sulfide) groups is 1. The number of amides is 1. The van der Waals surface area contributed by atoms with E-state index in [1.807, 2.05) is 36.4 Å². The number of carbonyl (C=O) groups is 2. The average Bonchev–Trinajstić information content (AvgIpc) is 3.00. The Morgan fingerprint density at radius 2 is 1.83 bits per heavy atom. The first-order valence-corrected chi connectivity index (χ1v) is 8.11. The number of hydrogen-bond acceptors (Lipinski definition) is 4. The first kappa shape index (κ1) is 15.3. The number of fused-ring (bicyclic) bond motifs is 1. The molecule has 0 radical (unpaired) electrons. The van der Waals surface area contributed by atoms with Gasteiger partial charge in [0.15, 0.2) is 11.7 Å². The lowest BCUT2D eigenvalue weighted by molar-refractivity contribution is -0.128. The molecule has 0 saturated heterocycles. The third kappa shape index (κ3) is 3.27. The number of para-hydroxylation sites is 1. The van der Waals surface area contributed by atoms with Gasteiger partial charge in [-0.1, -0.05) is 36.4 Å². The number of carbonyl (C=O) groups excluding carboxylic acids is 2. The van der Waals surface area contributed by atoms with E-state index in [4.69, 9.17) is 0 Å². The summed E-state index contributed by atoms with van der Waals surface area (Å²) in [7, 11) is 0. The van der Waals surface area contributed by atoms with Crippen LogP contribution in [0.2, 0.25) is 0 Å². The van der Waals surface area contributed by atoms with Crippen LogP contribution < -0.4 is 5.32 Å². The maximum absolute atomic E-state index is 12.6. The van der Waals surface area contributed by atoms with Gasteiger partial charge in [0.05, 0.1) is 11.3 Å². The highest BCUT2D eigenvalue weighted by Crippen LogP contribution is 2.38. The number of rotatable bonds is 4. The van der Waals surface area contributed by atoms with E-state index >= 15 is 0 Å². The molecular weight excluding hydrogens is 308 g/mol. The second-order valence-electron chi connectivity index (χ2n) is 5.24. The van der Waals surface area contributed by atoms with Crippen molar-refractivity contribution in [2.75, 3.05) is 5.32 Å². The molecule has 1 aliphatic rings. The summed E-state index contributed by atoms with van der Waals surface area (Å²) in [4.78, 5) is 25.9. The molecule has 0 saturated carbocycles. The highest BCUT2D eigenvalue weighted by molar-refractivity contribution is 8.01. The van der Waals surface area contributed by atoms with Crippen molar-refractivity contribution in [3.63, 3.8) is 0 Å². The van der Waals surface area contributed by atoms with Crippen molar-refractivity contribution in [2.45, 2.75) is 16.6 Å². The van der Waals surface area contributed by atoms with E-state index in [1.165, 1.54) is 11.8 Å². The molecule has 114 valence electrons. The van der Waals surface area contributed by atoms with Crippen molar-refractivity contribution in [1.82, 2.24) is 0 Å². The van der Waals surface area contributed by atoms with Crippen LogP contribution in [-0.2, 0) is 16.0 Å². The van der Waals surface area contributed by atoms with Crippen LogP contribution in [0.4, 0.5) is 5.69 Å². The summed E-state index contributed by atoms with van der Waals surface area (Å²) in [5.74, 6) is -2.19. The minimum absolute atomic E-state index is 0.331. The molecule has 3 rings (SSSR count). The number of ketones is 1. The van der Waals surface area contributed by atoms with Crippen LogP contribution in [0.3, 0.4) is 0 Å². The molecule has 0 aromatic heterocycles. The number of nitriles is 1. The smallest absolute Gasteiger partial charge is 0.249 e. The Balaban J connectivity index is 1.71. The van der Waals surface area contributed by atoms with Crippen LogP contribution >= 0.6 is 11.8 Å². The van der Waals surface area contributed by atoms with Gasteiger partial charge in [0.25, 0.3) is 0 Å². The van der Waals surface area contributed by atoms with Crippen molar-refractivity contribution in [1.29, 1.82) is 5.26 Å². The Morgan fingerprint density at radius 3 is 2.52 bits per heavy atom. The van der Waals surface area contributed by atoms with Crippen molar-refractivity contribution in [2.24, 2.45) is 5.92 Å². The molecule has 4 nitrogen and oxygen atoms in total. The summed E-state index contributed by atoms with van der Waals surface area (Å²) in [5.41, 5.74) is 1.67. The molecule has 5 heteroatoms. The highest BCUT2D eigenvalue weighted by Gasteiger charge is 2.36. The van der Waals surface area contributed by atoms with Crippen LogP contribution in [0.5, 0.6) is 0 Å². The number of hydrogen-bond donors (Lipinski definition) is 1. The van der Waals surface area contributed by atoms with Crippen molar-refractivity contribution in [3.8, 4) is 6.07 Å². The van der Waals surface area contributed by atoms with E-state index in [-0.39, 0.29) is 11.0 Å². The summed E-state index contributed by atoms with van der Waals surface area (Å²) in [6, 6.07) is 18.5. The zero-order valence-corrected chi connectivity index (χ0v) is 13.0. The van der Waals surface area contributed by atoms with Gasteiger partial charge in [-0.25, -0.2) is 0 Å². The molecule has 2 aromatic carbocycles. The number of nitrogens with one attached hydrogen (secondary N) is 1. The monoisotopic (exact) mass is 322 g/mol. The van der Waals surface area contributed by atoms with E-state index in [1.54, 1.807) is 24.3 Å². The largest absolute Gasteiger partial charge is 0.325 e. The molecule has 2 aromatic rings. The van der Waals surface area contributed by atoms with Gasteiger partial charge in [0.2, 0.25) is 5.91 Å². The topological polar surface area (TPSA) is 70.0 Å². The molecule has 2 atom stereocenters. The van der Waals surface area contributed by atoms with Crippen molar-refractivity contribution in [3.05, 3.63) is 60.2 Å². The van der Waals surface area contributed by atoms with Gasteiger partial charge in [0, 0.05) is 10.6 Å². The Labute approximate surface area is 138 Å². The van der Waals surface area contributed by atoms with E-state index < -0.39 is 11.8 Å². The Bertz CT molecular complexity index is 758. The van der Waals surface area contributed by atoms with E-state index in [0.29, 0.717) is 12.1 Å². The number of benzene rings is 2. The van der Waals surface area contributed by atoms with Gasteiger partial charge in [-0.05, 0) is 30.2 Å². The minimum Gasteiger partial charge on any atom is -0.325 e. The van der Waals surface area contributed by atoms with E-state index in [0.717, 1.165) is 10.5 Å². The fourth-order valence-corrected chi connectivity index (χ4v) is 3.80. The SMILES string of the molecule is N#CC(C(=O)Nc1ccccc1)C(=O)C1Cc2ccccc2S1. The van der Waals surface area contributed by atoms with Crippen LogP contribution in [0.1, 0.15) is 5.56 Å². The molecule has 0 bridgehead atoms. The highest BCUT2D eigenvalue weighted by atomic mass is 32.2. The van der Waals surface area contributed by atoms with Gasteiger partial charge in [-0.3, -0.25) is 9.59 Å². The van der Waals surface area contributed by atoms with Crippen LogP contribution in [0.15, 0.2) is 59.5 Å². The summed E-state index contributed by atoms with van der Waals surface area (Å²) < 4.78 is 0. The van der Waals surface area contributed by atoms with Crippen LogP contribution in [0, 0.1) is 17.2 Å². The molecule has 0 spiro atoms. The first-order valence-electron chi connectivity index (χ1n) is 7.23. The third-order valence-electron chi connectivity index (χ3n) is 3.68. The minimum atomic E-state index is -1.29. The molecule has 1 aliphatic heterocycles. The van der Waals surface area contributed by atoms with Crippen LogP contribution in [-0.4, -0.2) is 16.9 Å². The second-order valence-corrected chi connectivity index (χ2v) is 6.48. The third-order valence-corrected chi connectivity index (χ3v) is 5.02. The maximum atomic E-state index is 12.6. The fourth-order valence-electron chi connectivity index (χ4n) is 2.51. The molecule has 23 heavy (non-hydrogen) atoms. The number of anilines is 1. The summed E-state index contributed by atoms with van der Waals surface area (Å²) in [6.45, 7) is 0. The Morgan fingerprint density at radius 1 is 1.13 bits per heavy atom. The van der Waals surface area contributed by atoms with Crippen molar-refractivity contribution < 1.29 is 9.59 Å². The normalized spacial score (nSPS) is 16.9. The predicted octanol–water partition coefficient (Wildman–Crippen LogP) is 3.05. The number of Topliss-reactive ketones (excluding diaryl/α,β-unsaturated/α-hetero) is 1. The van der Waals surface area contributed by atoms with Crippen LogP contribution in [0.25, 0.3) is 0 Å². The summed E-state index contributed by atoms with van der Waals surface area (Å²) >= 11 is 1.43. The van der Waals surface area contributed by atoms with E-state index in [2.05, 4.69) is 5.32 Å². The quantitative estimate of drug-likeness (QED) is 0.878. The molecule has 1 N–H and O–H groups in total. The Hall–Kier alpha value is -2.58. The standard InChI is InChI=1S/C18H14N2O2S/c19-11-14(18(22)20-13-7-2-1-3-8-13)17(21)16-10-12-6-4-5-9-15(12)23-16/h1-9,14,16H,10H2,(H,20,22). The lowest BCUT2D eigenvalue weighted by Crippen LogP contribution is -2.34. The van der Waals surface area contributed by atoms with Crippen molar-refractivity contribution >= 4 is 29.1 Å². The molecule has 1 amide bonds. The van der Waals surface area contributed by atoms with Gasteiger partial charge in [-0.15, -0.1) is 11.8 Å². The second kappa shape index (κ2) is 6.67. The molecule has 1 heterocycles. The lowest BCUT2D eigenvalue weighted by atomic mass is 9.98. The predicted molar refractivity (Wildman–Crippen MR) is 89.0 cm³/mol.